The van der Waals surface area contributed by atoms with Crippen molar-refractivity contribution < 1.29 is 9.90 Å². The van der Waals surface area contributed by atoms with Crippen LogP contribution in [0.5, 0.6) is 0 Å². The molecule has 4 nitrogen and oxygen atoms in total. The fourth-order valence-corrected chi connectivity index (χ4v) is 3.93. The van der Waals surface area contributed by atoms with Gasteiger partial charge in [-0.3, -0.25) is 4.98 Å². The molecular formula is C18H15ClN2O2. The molecule has 0 fully saturated rings. The van der Waals surface area contributed by atoms with Crippen molar-refractivity contribution in [1.82, 2.24) is 4.98 Å². The van der Waals surface area contributed by atoms with E-state index < -0.39 is 5.97 Å². The first-order valence-corrected chi connectivity index (χ1v) is 7.94. The van der Waals surface area contributed by atoms with Crippen molar-refractivity contribution in [3.63, 3.8) is 0 Å². The molecule has 0 spiro atoms. The van der Waals surface area contributed by atoms with Crippen LogP contribution in [-0.4, -0.2) is 16.1 Å². The first-order chi connectivity index (χ1) is 11.2. The van der Waals surface area contributed by atoms with Crippen LogP contribution in [0, 0.1) is 5.92 Å². The number of halogens is 1. The summed E-state index contributed by atoms with van der Waals surface area (Å²) in [4.78, 5) is 16.1. The first-order valence-electron chi connectivity index (χ1n) is 7.56. The first kappa shape index (κ1) is 14.3. The molecule has 0 unspecified atom stereocenters. The van der Waals surface area contributed by atoms with Crippen molar-refractivity contribution >= 4 is 23.3 Å². The second-order valence-corrected chi connectivity index (χ2v) is 6.33. The number of nitrogens with one attached hydrogen (secondary N) is 1. The molecule has 1 aliphatic heterocycles. The van der Waals surface area contributed by atoms with E-state index in [9.17, 15) is 9.90 Å². The third-order valence-corrected chi connectivity index (χ3v) is 5.02. The molecule has 2 heterocycles. The second-order valence-electron chi connectivity index (χ2n) is 5.92. The third kappa shape index (κ3) is 2.21. The maximum atomic E-state index is 11.6. The molecule has 0 radical (unpaired) electrons. The van der Waals surface area contributed by atoms with Crippen LogP contribution in [-0.2, 0) is 0 Å². The van der Waals surface area contributed by atoms with E-state index in [2.05, 4.69) is 22.5 Å². The third-order valence-electron chi connectivity index (χ3n) is 4.71. The average molecular weight is 327 g/mol. The number of benzene rings is 1. The van der Waals surface area contributed by atoms with Crippen LogP contribution in [0.2, 0.25) is 5.02 Å². The molecule has 2 aliphatic rings. The SMILES string of the molecule is O=C(O)c1ccc(Cl)c2c1[C@@H]1C=CC[C@H]1[C@@H](c1ccccn1)N2. The summed E-state index contributed by atoms with van der Waals surface area (Å²) in [6, 6.07) is 9.10. The predicted molar refractivity (Wildman–Crippen MR) is 89.0 cm³/mol. The van der Waals surface area contributed by atoms with E-state index >= 15 is 0 Å². The molecule has 0 bridgehead atoms. The monoisotopic (exact) mass is 326 g/mol. The lowest BCUT2D eigenvalue weighted by atomic mass is 9.76. The number of anilines is 1. The molecule has 2 aromatic rings. The molecule has 3 atom stereocenters. The van der Waals surface area contributed by atoms with Crippen molar-refractivity contribution in [3.8, 4) is 0 Å². The molecule has 1 aromatic heterocycles. The molecule has 4 rings (SSSR count). The number of carboxylic acids is 1. The number of allylic oxidation sites excluding steroid dienone is 2. The average Bonchev–Trinajstić information content (AvgIpc) is 3.05. The number of aromatic carboxylic acids is 1. The maximum absolute atomic E-state index is 11.6. The Hall–Kier alpha value is -2.33. The zero-order valence-electron chi connectivity index (χ0n) is 12.2. The van der Waals surface area contributed by atoms with Crippen LogP contribution in [0.25, 0.3) is 0 Å². The summed E-state index contributed by atoms with van der Waals surface area (Å²) >= 11 is 6.36. The van der Waals surface area contributed by atoms with Crippen molar-refractivity contribution in [2.75, 3.05) is 5.32 Å². The number of aromatic nitrogens is 1. The van der Waals surface area contributed by atoms with E-state index in [-0.39, 0.29) is 17.9 Å². The minimum atomic E-state index is -0.921. The van der Waals surface area contributed by atoms with Crippen LogP contribution in [0.15, 0.2) is 48.7 Å². The Morgan fingerprint density at radius 3 is 2.91 bits per heavy atom. The Morgan fingerprint density at radius 1 is 1.30 bits per heavy atom. The van der Waals surface area contributed by atoms with E-state index in [1.165, 1.54) is 0 Å². The Bertz CT molecular complexity index is 804. The zero-order chi connectivity index (χ0) is 16.0. The van der Waals surface area contributed by atoms with Gasteiger partial charge in [-0.2, -0.15) is 0 Å². The van der Waals surface area contributed by atoms with Crippen LogP contribution in [0.4, 0.5) is 5.69 Å². The van der Waals surface area contributed by atoms with Crippen molar-refractivity contribution in [2.45, 2.75) is 18.4 Å². The molecule has 0 saturated heterocycles. The van der Waals surface area contributed by atoms with E-state index in [4.69, 9.17) is 11.6 Å². The fraction of sp³-hybridized carbons (Fsp3) is 0.222. The Labute approximate surface area is 138 Å². The van der Waals surface area contributed by atoms with Crippen LogP contribution >= 0.6 is 11.6 Å². The largest absolute Gasteiger partial charge is 0.478 e. The van der Waals surface area contributed by atoms with Crippen molar-refractivity contribution in [3.05, 3.63) is 70.5 Å². The number of hydrogen-bond donors (Lipinski definition) is 2. The Kier molecular flexibility index (Phi) is 3.34. The van der Waals surface area contributed by atoms with Crippen LogP contribution in [0.3, 0.4) is 0 Å². The number of carbonyl (C=O) groups is 1. The van der Waals surface area contributed by atoms with Gasteiger partial charge in [-0.25, -0.2) is 4.79 Å². The van der Waals surface area contributed by atoms with Crippen molar-refractivity contribution in [1.29, 1.82) is 0 Å². The summed E-state index contributed by atoms with van der Waals surface area (Å²) in [5, 5.41) is 13.5. The van der Waals surface area contributed by atoms with E-state index in [1.807, 2.05) is 18.2 Å². The highest BCUT2D eigenvalue weighted by Crippen LogP contribution is 2.52. The number of pyridine rings is 1. The van der Waals surface area contributed by atoms with Crippen molar-refractivity contribution in [2.24, 2.45) is 5.92 Å². The van der Waals surface area contributed by atoms with E-state index in [1.54, 1.807) is 18.3 Å². The maximum Gasteiger partial charge on any atom is 0.336 e. The molecule has 1 aliphatic carbocycles. The minimum absolute atomic E-state index is 0.0187. The van der Waals surface area contributed by atoms with Gasteiger partial charge in [0.1, 0.15) is 0 Å². The molecule has 23 heavy (non-hydrogen) atoms. The van der Waals surface area contributed by atoms with Gasteiger partial charge in [0.25, 0.3) is 0 Å². The smallest absolute Gasteiger partial charge is 0.336 e. The molecular weight excluding hydrogens is 312 g/mol. The molecule has 5 heteroatoms. The van der Waals surface area contributed by atoms with E-state index in [0.717, 1.165) is 23.4 Å². The standard InChI is InChI=1S/C18H15ClN2O2/c19-13-8-7-12(18(22)23)15-10-4-3-5-11(10)16(21-17(13)15)14-6-1-2-9-20-14/h1-4,6-11,16,21H,5H2,(H,22,23)/t10-,11-,16+/m1/s1. The molecule has 1 aromatic carbocycles. The van der Waals surface area contributed by atoms with Gasteiger partial charge < -0.3 is 10.4 Å². The summed E-state index contributed by atoms with van der Waals surface area (Å²) < 4.78 is 0. The zero-order valence-corrected chi connectivity index (χ0v) is 13.0. The van der Waals surface area contributed by atoms with E-state index in [0.29, 0.717) is 10.6 Å². The van der Waals surface area contributed by atoms with Crippen LogP contribution < -0.4 is 5.32 Å². The number of fused-ring (bicyclic) bond motifs is 3. The number of carboxylic acid groups (broad SMARTS) is 1. The fourth-order valence-electron chi connectivity index (χ4n) is 3.71. The molecule has 0 saturated carbocycles. The molecule has 0 amide bonds. The lowest BCUT2D eigenvalue weighted by Gasteiger charge is -2.38. The number of rotatable bonds is 2. The lowest BCUT2D eigenvalue weighted by Crippen LogP contribution is -2.31. The highest BCUT2D eigenvalue weighted by atomic mass is 35.5. The van der Waals surface area contributed by atoms with Gasteiger partial charge in [0.15, 0.2) is 0 Å². The quantitative estimate of drug-likeness (QED) is 0.809. The van der Waals surface area contributed by atoms with Gasteiger partial charge >= 0.3 is 5.97 Å². The summed E-state index contributed by atoms with van der Waals surface area (Å²) in [5.74, 6) is -0.632. The highest BCUT2D eigenvalue weighted by Gasteiger charge is 2.41. The molecule has 2 N–H and O–H groups in total. The summed E-state index contributed by atoms with van der Waals surface area (Å²) in [6.07, 6.45) is 6.89. The van der Waals surface area contributed by atoms with Gasteiger partial charge in [-0.05, 0) is 42.2 Å². The molecule has 116 valence electrons. The van der Waals surface area contributed by atoms with Crippen LogP contribution in [0.1, 0.15) is 40.0 Å². The summed E-state index contributed by atoms with van der Waals surface area (Å²) in [7, 11) is 0. The number of nitrogens with zero attached hydrogens (tertiary/aromatic N) is 1. The lowest BCUT2D eigenvalue weighted by molar-refractivity contribution is 0.0695. The van der Waals surface area contributed by atoms with Gasteiger partial charge in [0.2, 0.25) is 0 Å². The highest BCUT2D eigenvalue weighted by molar-refractivity contribution is 6.33. The van der Waals surface area contributed by atoms with Gasteiger partial charge in [0, 0.05) is 12.1 Å². The van der Waals surface area contributed by atoms with Gasteiger partial charge in [-0.1, -0.05) is 29.8 Å². The topological polar surface area (TPSA) is 62.2 Å². The summed E-state index contributed by atoms with van der Waals surface area (Å²) in [5.41, 5.74) is 2.78. The predicted octanol–water partition coefficient (Wildman–Crippen LogP) is 4.26. The second kappa shape index (κ2) is 5.39. The van der Waals surface area contributed by atoms with Gasteiger partial charge in [-0.15, -0.1) is 0 Å². The number of hydrogen-bond acceptors (Lipinski definition) is 3. The Balaban J connectivity index is 1.89. The Morgan fingerprint density at radius 2 is 2.17 bits per heavy atom. The normalized spacial score (nSPS) is 24.7. The summed E-state index contributed by atoms with van der Waals surface area (Å²) in [6.45, 7) is 0. The minimum Gasteiger partial charge on any atom is -0.478 e. The van der Waals surface area contributed by atoms with Gasteiger partial charge in [0.05, 0.1) is 28.0 Å².